The minimum Gasteiger partial charge on any atom is -0.270 e. The summed E-state index contributed by atoms with van der Waals surface area (Å²) in [4.78, 5) is 0. The first-order chi connectivity index (χ1) is 5.45. The van der Waals surface area contributed by atoms with Crippen molar-refractivity contribution >= 4 is 10.1 Å². The summed E-state index contributed by atoms with van der Waals surface area (Å²) in [6.45, 7) is 4.32. The van der Waals surface area contributed by atoms with E-state index in [0.717, 1.165) is 12.7 Å². The first kappa shape index (κ1) is 11.6. The molecule has 0 aliphatic rings. The highest BCUT2D eigenvalue weighted by Crippen LogP contribution is 2.00. The zero-order valence-electron chi connectivity index (χ0n) is 7.83. The van der Waals surface area contributed by atoms with Gasteiger partial charge in [-0.3, -0.25) is 4.18 Å². The molecule has 4 heteroatoms. The van der Waals surface area contributed by atoms with Crippen molar-refractivity contribution in [3.05, 3.63) is 11.6 Å². The van der Waals surface area contributed by atoms with Crippen molar-refractivity contribution in [2.45, 2.75) is 26.7 Å². The SMILES string of the molecule is CC/C(C)=C/CCOS(C)(=O)=O. The minimum atomic E-state index is -3.26. The second-order valence-corrected chi connectivity index (χ2v) is 4.36. The summed E-state index contributed by atoms with van der Waals surface area (Å²) in [7, 11) is -3.26. The predicted octanol–water partition coefficient (Wildman–Crippen LogP) is 1.71. The van der Waals surface area contributed by atoms with Gasteiger partial charge in [0.2, 0.25) is 0 Å². The van der Waals surface area contributed by atoms with Crippen molar-refractivity contribution in [1.82, 2.24) is 0 Å². The normalized spacial score (nSPS) is 13.4. The van der Waals surface area contributed by atoms with Crippen LogP contribution >= 0.6 is 0 Å². The van der Waals surface area contributed by atoms with Crippen molar-refractivity contribution < 1.29 is 12.6 Å². The number of hydrogen-bond donors (Lipinski definition) is 0. The molecular formula is C8H16O3S. The molecule has 0 unspecified atom stereocenters. The molecule has 12 heavy (non-hydrogen) atoms. The van der Waals surface area contributed by atoms with Gasteiger partial charge in [-0.1, -0.05) is 18.6 Å². The molecule has 0 aliphatic carbocycles. The number of rotatable bonds is 5. The van der Waals surface area contributed by atoms with Crippen LogP contribution in [-0.2, 0) is 14.3 Å². The third kappa shape index (κ3) is 7.75. The lowest BCUT2D eigenvalue weighted by Crippen LogP contribution is -2.03. The highest BCUT2D eigenvalue weighted by molar-refractivity contribution is 7.85. The maximum absolute atomic E-state index is 10.5. The Morgan fingerprint density at radius 1 is 1.50 bits per heavy atom. The van der Waals surface area contributed by atoms with E-state index in [1.807, 2.05) is 13.0 Å². The van der Waals surface area contributed by atoms with Gasteiger partial charge in [-0.15, -0.1) is 0 Å². The number of hydrogen-bond acceptors (Lipinski definition) is 3. The van der Waals surface area contributed by atoms with Gasteiger partial charge in [0.1, 0.15) is 0 Å². The third-order valence-electron chi connectivity index (χ3n) is 1.47. The fourth-order valence-corrected chi connectivity index (χ4v) is 1.05. The predicted molar refractivity (Wildman–Crippen MR) is 49.5 cm³/mol. The molecule has 3 nitrogen and oxygen atoms in total. The summed E-state index contributed by atoms with van der Waals surface area (Å²) < 4.78 is 25.6. The Kier molecular flexibility index (Phi) is 5.17. The first-order valence-electron chi connectivity index (χ1n) is 3.95. The molecule has 0 atom stereocenters. The number of allylic oxidation sites excluding steroid dienone is 1. The molecule has 0 saturated heterocycles. The van der Waals surface area contributed by atoms with E-state index in [-0.39, 0.29) is 6.61 Å². The topological polar surface area (TPSA) is 43.4 Å². The lowest BCUT2D eigenvalue weighted by Gasteiger charge is -1.98. The fraction of sp³-hybridized carbons (Fsp3) is 0.750. The first-order valence-corrected chi connectivity index (χ1v) is 5.77. The standard InChI is InChI=1S/C8H16O3S/c1-4-8(2)6-5-7-11-12(3,9)10/h6H,4-5,7H2,1-3H3/b8-6+. The monoisotopic (exact) mass is 192 g/mol. The summed E-state index contributed by atoms with van der Waals surface area (Å²) in [5, 5.41) is 0. The van der Waals surface area contributed by atoms with Gasteiger partial charge in [0.25, 0.3) is 10.1 Å². The van der Waals surface area contributed by atoms with Crippen molar-refractivity contribution in [1.29, 1.82) is 0 Å². The van der Waals surface area contributed by atoms with E-state index in [9.17, 15) is 8.42 Å². The van der Waals surface area contributed by atoms with Crippen LogP contribution in [0.4, 0.5) is 0 Å². The van der Waals surface area contributed by atoms with E-state index in [4.69, 9.17) is 0 Å². The summed E-state index contributed by atoms with van der Waals surface area (Å²) in [6.07, 6.45) is 4.71. The fourth-order valence-electron chi connectivity index (χ4n) is 0.649. The van der Waals surface area contributed by atoms with Crippen LogP contribution in [0.2, 0.25) is 0 Å². The quantitative estimate of drug-likeness (QED) is 0.378. The van der Waals surface area contributed by atoms with Crippen molar-refractivity contribution in [2.24, 2.45) is 0 Å². The van der Waals surface area contributed by atoms with Gasteiger partial charge in [-0.05, 0) is 19.8 Å². The molecule has 0 amide bonds. The molecule has 0 spiro atoms. The molecular weight excluding hydrogens is 176 g/mol. The molecule has 0 fully saturated rings. The van der Waals surface area contributed by atoms with E-state index in [1.165, 1.54) is 5.57 Å². The summed E-state index contributed by atoms with van der Waals surface area (Å²) in [5.41, 5.74) is 1.26. The largest absolute Gasteiger partial charge is 0.270 e. The molecule has 0 radical (unpaired) electrons. The molecule has 0 aromatic rings. The molecule has 72 valence electrons. The Bertz CT molecular complexity index is 239. The third-order valence-corrected chi connectivity index (χ3v) is 2.06. The van der Waals surface area contributed by atoms with Gasteiger partial charge in [0.15, 0.2) is 0 Å². The van der Waals surface area contributed by atoms with Gasteiger partial charge in [0.05, 0.1) is 12.9 Å². The van der Waals surface area contributed by atoms with Gasteiger partial charge >= 0.3 is 0 Å². The van der Waals surface area contributed by atoms with Crippen LogP contribution in [0, 0.1) is 0 Å². The second kappa shape index (κ2) is 5.32. The smallest absolute Gasteiger partial charge is 0.264 e. The Morgan fingerprint density at radius 3 is 2.50 bits per heavy atom. The van der Waals surface area contributed by atoms with Gasteiger partial charge in [-0.2, -0.15) is 8.42 Å². The average Bonchev–Trinajstić information content (AvgIpc) is 1.96. The average molecular weight is 192 g/mol. The van der Waals surface area contributed by atoms with Crippen LogP contribution in [0.1, 0.15) is 26.7 Å². The maximum atomic E-state index is 10.5. The van der Waals surface area contributed by atoms with Crippen LogP contribution in [0.15, 0.2) is 11.6 Å². The zero-order chi connectivity index (χ0) is 9.61. The minimum absolute atomic E-state index is 0.246. The molecule has 0 aromatic heterocycles. The molecule has 0 bridgehead atoms. The van der Waals surface area contributed by atoms with Crippen LogP contribution < -0.4 is 0 Å². The van der Waals surface area contributed by atoms with Gasteiger partial charge < -0.3 is 0 Å². The van der Waals surface area contributed by atoms with Crippen LogP contribution in [0.5, 0.6) is 0 Å². The Balaban J connectivity index is 3.59. The van der Waals surface area contributed by atoms with E-state index in [2.05, 4.69) is 11.1 Å². The lowest BCUT2D eigenvalue weighted by molar-refractivity contribution is 0.328. The summed E-state index contributed by atoms with van der Waals surface area (Å²) in [6, 6.07) is 0. The summed E-state index contributed by atoms with van der Waals surface area (Å²) >= 11 is 0. The molecule has 0 heterocycles. The molecule has 0 rings (SSSR count). The van der Waals surface area contributed by atoms with Crippen molar-refractivity contribution in [3.8, 4) is 0 Å². The Morgan fingerprint density at radius 2 is 2.08 bits per heavy atom. The van der Waals surface area contributed by atoms with Crippen LogP contribution in [-0.4, -0.2) is 21.3 Å². The van der Waals surface area contributed by atoms with E-state index in [0.29, 0.717) is 6.42 Å². The van der Waals surface area contributed by atoms with Gasteiger partial charge in [-0.25, -0.2) is 0 Å². The molecule has 0 aliphatic heterocycles. The maximum Gasteiger partial charge on any atom is 0.264 e. The molecule has 0 saturated carbocycles. The Hall–Kier alpha value is -0.350. The van der Waals surface area contributed by atoms with E-state index in [1.54, 1.807) is 0 Å². The highest BCUT2D eigenvalue weighted by Gasteiger charge is 1.98. The van der Waals surface area contributed by atoms with Crippen molar-refractivity contribution in [3.63, 3.8) is 0 Å². The van der Waals surface area contributed by atoms with Crippen LogP contribution in [0.3, 0.4) is 0 Å². The van der Waals surface area contributed by atoms with Crippen LogP contribution in [0.25, 0.3) is 0 Å². The second-order valence-electron chi connectivity index (χ2n) is 2.72. The molecule has 0 N–H and O–H groups in total. The highest BCUT2D eigenvalue weighted by atomic mass is 32.2. The summed E-state index contributed by atoms with van der Waals surface area (Å²) in [5.74, 6) is 0. The van der Waals surface area contributed by atoms with E-state index < -0.39 is 10.1 Å². The van der Waals surface area contributed by atoms with E-state index >= 15 is 0 Å². The Labute approximate surface area is 74.6 Å². The molecule has 0 aromatic carbocycles. The zero-order valence-corrected chi connectivity index (χ0v) is 8.65. The lowest BCUT2D eigenvalue weighted by atomic mass is 10.2. The van der Waals surface area contributed by atoms with Gasteiger partial charge in [0, 0.05) is 0 Å². The van der Waals surface area contributed by atoms with Crippen molar-refractivity contribution in [2.75, 3.05) is 12.9 Å².